The fourth-order valence-corrected chi connectivity index (χ4v) is 6.41. The van der Waals surface area contributed by atoms with Crippen LogP contribution in [0.1, 0.15) is 51.4 Å². The molecule has 0 unspecified atom stereocenters. The molecule has 2 atom stereocenters. The van der Waals surface area contributed by atoms with E-state index >= 15 is 0 Å². The zero-order valence-electron chi connectivity index (χ0n) is 12.3. The molecule has 4 nitrogen and oxygen atoms in total. The molecule has 0 aromatic heterocycles. The lowest BCUT2D eigenvalue weighted by Crippen LogP contribution is -2.51. The van der Waals surface area contributed by atoms with Crippen LogP contribution in [0.2, 0.25) is 0 Å². The van der Waals surface area contributed by atoms with Gasteiger partial charge in [-0.05, 0) is 37.6 Å². The van der Waals surface area contributed by atoms with Crippen molar-refractivity contribution in [3.05, 3.63) is 0 Å². The first-order chi connectivity index (χ1) is 9.50. The molecule has 1 saturated carbocycles. The summed E-state index contributed by atoms with van der Waals surface area (Å²) in [5.74, 6) is 0.116. The molecule has 0 radical (unpaired) electrons. The van der Waals surface area contributed by atoms with E-state index in [0.29, 0.717) is 5.41 Å². The number of rotatable bonds is 1. The summed E-state index contributed by atoms with van der Waals surface area (Å²) >= 11 is 0. The highest BCUT2D eigenvalue weighted by Crippen LogP contribution is 2.43. The van der Waals surface area contributed by atoms with E-state index in [1.165, 1.54) is 44.9 Å². The molecule has 3 rings (SSSR count). The lowest BCUT2D eigenvalue weighted by atomic mass is 9.73. The molecule has 5 heteroatoms. The van der Waals surface area contributed by atoms with Crippen LogP contribution in [0, 0.1) is 5.41 Å². The van der Waals surface area contributed by atoms with Gasteiger partial charge in [-0.25, -0.2) is 8.42 Å². The second-order valence-electron chi connectivity index (χ2n) is 7.20. The first-order valence-corrected chi connectivity index (χ1v) is 9.94. The van der Waals surface area contributed by atoms with Crippen LogP contribution < -0.4 is 0 Å². The minimum Gasteiger partial charge on any atom is -0.390 e. The Morgan fingerprint density at radius 2 is 1.60 bits per heavy atom. The van der Waals surface area contributed by atoms with Gasteiger partial charge in [0.1, 0.15) is 0 Å². The predicted molar refractivity (Wildman–Crippen MR) is 79.4 cm³/mol. The Bertz CT molecular complexity index is 440. The van der Waals surface area contributed by atoms with Gasteiger partial charge in [0.05, 0.1) is 23.7 Å². The monoisotopic (exact) mass is 301 g/mol. The molecule has 0 amide bonds. The SMILES string of the molecule is O=S1(=O)C[C@@H](O)[C@@H](N2CCCC3(CCCCCC3)C2)C1. The standard InChI is InChI=1S/C15H27NO3S/c17-14-11-20(18,19)10-13(14)16-9-5-8-15(12-16)6-3-1-2-4-7-15/h13-14,17H,1-12H2/t13-,14+/m0/s1. The van der Waals surface area contributed by atoms with Crippen LogP contribution in [0.15, 0.2) is 0 Å². The molecule has 1 spiro atoms. The Hall–Kier alpha value is -0.130. The van der Waals surface area contributed by atoms with Gasteiger partial charge in [-0.15, -0.1) is 0 Å². The molecule has 0 aromatic rings. The van der Waals surface area contributed by atoms with E-state index in [2.05, 4.69) is 4.90 Å². The minimum atomic E-state index is -3.04. The van der Waals surface area contributed by atoms with E-state index < -0.39 is 15.9 Å². The van der Waals surface area contributed by atoms with Crippen molar-refractivity contribution in [2.24, 2.45) is 5.41 Å². The molecule has 3 fully saturated rings. The van der Waals surface area contributed by atoms with Crippen molar-refractivity contribution in [3.63, 3.8) is 0 Å². The number of hydrogen-bond donors (Lipinski definition) is 1. The maximum absolute atomic E-state index is 11.7. The number of likely N-dealkylation sites (tertiary alicyclic amines) is 1. The van der Waals surface area contributed by atoms with E-state index in [4.69, 9.17) is 0 Å². The number of nitrogens with zero attached hydrogens (tertiary/aromatic N) is 1. The molecule has 0 aromatic carbocycles. The highest BCUT2D eigenvalue weighted by Gasteiger charge is 2.44. The van der Waals surface area contributed by atoms with Crippen LogP contribution in [0.4, 0.5) is 0 Å². The lowest BCUT2D eigenvalue weighted by Gasteiger charge is -2.45. The largest absolute Gasteiger partial charge is 0.390 e. The van der Waals surface area contributed by atoms with Crippen LogP contribution in [0.5, 0.6) is 0 Å². The number of aliphatic hydroxyl groups excluding tert-OH is 1. The number of sulfone groups is 1. The van der Waals surface area contributed by atoms with Gasteiger partial charge >= 0.3 is 0 Å². The zero-order valence-corrected chi connectivity index (χ0v) is 13.1. The molecular weight excluding hydrogens is 274 g/mol. The quantitative estimate of drug-likeness (QED) is 0.799. The summed E-state index contributed by atoms with van der Waals surface area (Å²) < 4.78 is 23.5. The first-order valence-electron chi connectivity index (χ1n) is 8.12. The van der Waals surface area contributed by atoms with Gasteiger partial charge in [0.25, 0.3) is 0 Å². The summed E-state index contributed by atoms with van der Waals surface area (Å²) in [5, 5.41) is 10.1. The lowest BCUT2D eigenvalue weighted by molar-refractivity contribution is 0.0106. The predicted octanol–water partition coefficient (Wildman–Crippen LogP) is 1.58. The molecule has 116 valence electrons. The molecule has 3 aliphatic rings. The average molecular weight is 301 g/mol. The summed E-state index contributed by atoms with van der Waals surface area (Å²) in [4.78, 5) is 2.30. The third-order valence-electron chi connectivity index (χ3n) is 5.62. The van der Waals surface area contributed by atoms with Gasteiger partial charge in [-0.1, -0.05) is 25.7 Å². The van der Waals surface area contributed by atoms with Gasteiger partial charge < -0.3 is 5.11 Å². The van der Waals surface area contributed by atoms with Crippen molar-refractivity contribution >= 4 is 9.84 Å². The van der Waals surface area contributed by atoms with Crippen molar-refractivity contribution in [2.75, 3.05) is 24.6 Å². The summed E-state index contributed by atoms with van der Waals surface area (Å²) in [6, 6.07) is -0.152. The highest BCUT2D eigenvalue weighted by atomic mass is 32.2. The third-order valence-corrected chi connectivity index (χ3v) is 7.32. The third kappa shape index (κ3) is 3.04. The Balaban J connectivity index is 1.71. The normalized spacial score (nSPS) is 37.9. The molecule has 2 heterocycles. The Kier molecular flexibility index (Phi) is 4.13. The summed E-state index contributed by atoms with van der Waals surface area (Å²) in [6.45, 7) is 1.96. The molecule has 2 aliphatic heterocycles. The molecule has 1 aliphatic carbocycles. The van der Waals surface area contributed by atoms with Gasteiger partial charge in [-0.3, -0.25) is 4.90 Å². The van der Waals surface area contributed by atoms with E-state index in [1.54, 1.807) is 0 Å². The summed E-state index contributed by atoms with van der Waals surface area (Å²) in [7, 11) is -3.04. The van der Waals surface area contributed by atoms with Gasteiger partial charge in [0, 0.05) is 6.54 Å². The van der Waals surface area contributed by atoms with E-state index in [9.17, 15) is 13.5 Å². The fraction of sp³-hybridized carbons (Fsp3) is 1.00. The maximum atomic E-state index is 11.7. The van der Waals surface area contributed by atoms with E-state index in [0.717, 1.165) is 19.5 Å². The Morgan fingerprint density at radius 1 is 0.950 bits per heavy atom. The second-order valence-corrected chi connectivity index (χ2v) is 9.35. The molecule has 20 heavy (non-hydrogen) atoms. The van der Waals surface area contributed by atoms with E-state index in [1.807, 2.05) is 0 Å². The van der Waals surface area contributed by atoms with Gasteiger partial charge in [0.2, 0.25) is 0 Å². The summed E-state index contributed by atoms with van der Waals surface area (Å²) in [5.41, 5.74) is 0.404. The number of hydrogen-bond acceptors (Lipinski definition) is 4. The van der Waals surface area contributed by atoms with Crippen LogP contribution >= 0.6 is 0 Å². The number of aliphatic hydroxyl groups is 1. The highest BCUT2D eigenvalue weighted by molar-refractivity contribution is 7.91. The minimum absolute atomic E-state index is 0.0405. The van der Waals surface area contributed by atoms with Crippen LogP contribution in [-0.4, -0.2) is 55.2 Å². The Labute approximate surface area is 122 Å². The smallest absolute Gasteiger partial charge is 0.154 e. The maximum Gasteiger partial charge on any atom is 0.154 e. The molecular formula is C15H27NO3S. The van der Waals surface area contributed by atoms with Crippen molar-refractivity contribution in [2.45, 2.75) is 63.5 Å². The van der Waals surface area contributed by atoms with Crippen LogP contribution in [0.3, 0.4) is 0 Å². The molecule has 0 bridgehead atoms. The van der Waals surface area contributed by atoms with Gasteiger partial charge in [0.15, 0.2) is 9.84 Å². The number of piperidine rings is 1. The summed E-state index contributed by atoms with van der Waals surface area (Å²) in [6.07, 6.45) is 9.68. The molecule has 1 N–H and O–H groups in total. The van der Waals surface area contributed by atoms with Gasteiger partial charge in [-0.2, -0.15) is 0 Å². The van der Waals surface area contributed by atoms with Crippen molar-refractivity contribution in [1.29, 1.82) is 0 Å². The first kappa shape index (κ1) is 14.8. The average Bonchev–Trinajstić information content (AvgIpc) is 2.56. The zero-order chi connectivity index (χ0) is 14.2. The van der Waals surface area contributed by atoms with Crippen molar-refractivity contribution in [1.82, 2.24) is 4.90 Å². The topological polar surface area (TPSA) is 57.6 Å². The van der Waals surface area contributed by atoms with Crippen LogP contribution in [-0.2, 0) is 9.84 Å². The van der Waals surface area contributed by atoms with Crippen LogP contribution in [0.25, 0.3) is 0 Å². The second kappa shape index (κ2) is 5.58. The Morgan fingerprint density at radius 3 is 2.20 bits per heavy atom. The fourth-order valence-electron chi connectivity index (χ4n) is 4.58. The molecule has 2 saturated heterocycles. The van der Waals surface area contributed by atoms with Crippen molar-refractivity contribution < 1.29 is 13.5 Å². The van der Waals surface area contributed by atoms with Crippen molar-refractivity contribution in [3.8, 4) is 0 Å². The van der Waals surface area contributed by atoms with E-state index in [-0.39, 0.29) is 17.5 Å².